The Bertz CT molecular complexity index is 450. The average molecular weight is 284 g/mol. The fourth-order valence-electron chi connectivity index (χ4n) is 1.76. The third kappa shape index (κ3) is 2.83. The number of thiophene rings is 1. The van der Waals surface area contributed by atoms with Crippen molar-refractivity contribution in [1.29, 1.82) is 0 Å². The molecule has 1 saturated carbocycles. The molecule has 5 heteroatoms. The largest absolute Gasteiger partial charge is 0.396 e. The van der Waals surface area contributed by atoms with Crippen LogP contribution >= 0.6 is 23.1 Å². The number of hydrogen-bond donors (Lipinski definition) is 2. The topological polar surface area (TPSA) is 55.1 Å². The number of hydrogen-bond acceptors (Lipinski definition) is 5. The Balaban J connectivity index is 2.23. The van der Waals surface area contributed by atoms with E-state index in [1.54, 1.807) is 11.8 Å². The standard InChI is InChI=1S/C13H20N2OS2/c1-7(2)6-15-13-12(17-3)9(14)11(18-13)10(16)8-4-5-8/h7-8,15H,4-6,14H2,1-3H3. The van der Waals surface area contributed by atoms with Crippen molar-refractivity contribution in [3.8, 4) is 0 Å². The van der Waals surface area contributed by atoms with E-state index in [-0.39, 0.29) is 11.7 Å². The summed E-state index contributed by atoms with van der Waals surface area (Å²) in [5, 5.41) is 4.46. The predicted molar refractivity (Wildman–Crippen MR) is 80.9 cm³/mol. The fourth-order valence-corrected chi connectivity index (χ4v) is 3.82. The summed E-state index contributed by atoms with van der Waals surface area (Å²) in [6.45, 7) is 5.24. The van der Waals surface area contributed by atoms with Crippen molar-refractivity contribution in [2.24, 2.45) is 11.8 Å². The molecule has 3 nitrogen and oxygen atoms in total. The first-order valence-corrected chi connectivity index (χ1v) is 8.33. The van der Waals surface area contributed by atoms with Crippen LogP contribution in [-0.4, -0.2) is 18.6 Å². The maximum atomic E-state index is 12.1. The summed E-state index contributed by atoms with van der Waals surface area (Å²) in [6.07, 6.45) is 4.06. The van der Waals surface area contributed by atoms with Gasteiger partial charge in [0.15, 0.2) is 5.78 Å². The van der Waals surface area contributed by atoms with Crippen molar-refractivity contribution in [2.45, 2.75) is 31.6 Å². The minimum atomic E-state index is 0.235. The second-order valence-corrected chi connectivity index (χ2v) is 6.96. The molecule has 1 aromatic heterocycles. The van der Waals surface area contributed by atoms with Gasteiger partial charge >= 0.3 is 0 Å². The van der Waals surface area contributed by atoms with E-state index < -0.39 is 0 Å². The molecule has 0 atom stereocenters. The molecule has 1 heterocycles. The first-order valence-electron chi connectivity index (χ1n) is 6.29. The molecule has 1 aromatic rings. The third-order valence-corrected chi connectivity index (χ3v) is 5.09. The highest BCUT2D eigenvalue weighted by molar-refractivity contribution is 7.99. The van der Waals surface area contributed by atoms with E-state index in [2.05, 4.69) is 19.2 Å². The van der Waals surface area contributed by atoms with Crippen LogP contribution in [0, 0.1) is 11.8 Å². The van der Waals surface area contributed by atoms with E-state index in [4.69, 9.17) is 5.73 Å². The lowest BCUT2D eigenvalue weighted by Gasteiger charge is -2.08. The van der Waals surface area contributed by atoms with Gasteiger partial charge in [0.25, 0.3) is 0 Å². The van der Waals surface area contributed by atoms with E-state index in [0.29, 0.717) is 11.6 Å². The smallest absolute Gasteiger partial charge is 0.178 e. The minimum Gasteiger partial charge on any atom is -0.396 e. The van der Waals surface area contributed by atoms with E-state index in [1.807, 2.05) is 6.26 Å². The Kier molecular flexibility index (Phi) is 4.22. The lowest BCUT2D eigenvalue weighted by Crippen LogP contribution is -2.07. The van der Waals surface area contributed by atoms with Gasteiger partial charge in [-0.1, -0.05) is 13.8 Å². The van der Waals surface area contributed by atoms with Crippen LogP contribution in [0.15, 0.2) is 4.90 Å². The summed E-state index contributed by atoms with van der Waals surface area (Å²) >= 11 is 3.14. The molecule has 2 rings (SSSR count). The van der Waals surface area contributed by atoms with Gasteiger partial charge < -0.3 is 11.1 Å². The predicted octanol–water partition coefficient (Wildman–Crippen LogP) is 3.71. The van der Waals surface area contributed by atoms with Crippen LogP contribution in [0.1, 0.15) is 36.4 Å². The zero-order valence-electron chi connectivity index (χ0n) is 11.1. The van der Waals surface area contributed by atoms with Gasteiger partial charge in [0, 0.05) is 12.5 Å². The molecule has 0 bridgehead atoms. The van der Waals surface area contributed by atoms with Gasteiger partial charge in [0.1, 0.15) is 5.00 Å². The molecule has 1 aliphatic rings. The summed E-state index contributed by atoms with van der Waals surface area (Å²) in [7, 11) is 0. The Morgan fingerprint density at radius 3 is 2.72 bits per heavy atom. The summed E-state index contributed by atoms with van der Waals surface area (Å²) < 4.78 is 0. The first-order chi connectivity index (χ1) is 8.54. The van der Waals surface area contributed by atoms with E-state index in [0.717, 1.165) is 34.2 Å². The third-order valence-electron chi connectivity index (χ3n) is 2.95. The van der Waals surface area contributed by atoms with Crippen molar-refractivity contribution in [3.05, 3.63) is 4.88 Å². The molecule has 0 aliphatic heterocycles. The van der Waals surface area contributed by atoms with Crippen molar-refractivity contribution < 1.29 is 4.79 Å². The molecule has 0 unspecified atom stereocenters. The van der Waals surface area contributed by atoms with Gasteiger partial charge in [-0.2, -0.15) is 0 Å². The second kappa shape index (κ2) is 5.53. The van der Waals surface area contributed by atoms with Crippen LogP contribution in [0.2, 0.25) is 0 Å². The molecular formula is C13H20N2OS2. The zero-order chi connectivity index (χ0) is 13.3. The number of carbonyl (C=O) groups excluding carboxylic acids is 1. The SMILES string of the molecule is CSc1c(NCC(C)C)sc(C(=O)C2CC2)c1N. The molecule has 0 spiro atoms. The number of rotatable bonds is 6. The molecule has 1 aliphatic carbocycles. The molecule has 3 N–H and O–H groups in total. The first kappa shape index (κ1) is 13.7. The van der Waals surface area contributed by atoms with Gasteiger partial charge in [-0.3, -0.25) is 4.79 Å². The van der Waals surface area contributed by atoms with Gasteiger partial charge in [-0.25, -0.2) is 0 Å². The van der Waals surface area contributed by atoms with Crippen LogP contribution in [0.5, 0.6) is 0 Å². The Morgan fingerprint density at radius 2 is 2.22 bits per heavy atom. The van der Waals surface area contributed by atoms with Crippen molar-refractivity contribution in [3.63, 3.8) is 0 Å². The number of thioether (sulfide) groups is 1. The van der Waals surface area contributed by atoms with Gasteiger partial charge in [-0.15, -0.1) is 23.1 Å². The molecule has 0 aromatic carbocycles. The number of nitrogens with two attached hydrogens (primary N) is 1. The lowest BCUT2D eigenvalue weighted by atomic mass is 10.2. The monoisotopic (exact) mass is 284 g/mol. The summed E-state index contributed by atoms with van der Waals surface area (Å²) in [5.74, 6) is 1.05. The van der Waals surface area contributed by atoms with Crippen LogP contribution in [-0.2, 0) is 0 Å². The molecule has 18 heavy (non-hydrogen) atoms. The van der Waals surface area contributed by atoms with Crippen molar-refractivity contribution in [2.75, 3.05) is 23.9 Å². The number of nitrogen functional groups attached to an aromatic ring is 1. The van der Waals surface area contributed by atoms with Crippen LogP contribution in [0.3, 0.4) is 0 Å². The fraction of sp³-hybridized carbons (Fsp3) is 0.615. The number of nitrogens with one attached hydrogen (secondary N) is 1. The Hall–Kier alpha value is -0.680. The molecule has 1 fully saturated rings. The molecule has 0 saturated heterocycles. The highest BCUT2D eigenvalue weighted by Crippen LogP contribution is 2.45. The number of carbonyl (C=O) groups is 1. The summed E-state index contributed by atoms with van der Waals surface area (Å²) in [6, 6.07) is 0. The van der Waals surface area contributed by atoms with Crippen LogP contribution in [0.4, 0.5) is 10.7 Å². The number of anilines is 2. The molecule has 100 valence electrons. The van der Waals surface area contributed by atoms with E-state index in [9.17, 15) is 4.79 Å². The zero-order valence-corrected chi connectivity index (χ0v) is 12.7. The quantitative estimate of drug-likeness (QED) is 0.617. The maximum Gasteiger partial charge on any atom is 0.178 e. The van der Waals surface area contributed by atoms with E-state index in [1.165, 1.54) is 11.3 Å². The van der Waals surface area contributed by atoms with Crippen LogP contribution in [0.25, 0.3) is 0 Å². The van der Waals surface area contributed by atoms with Crippen molar-refractivity contribution >= 4 is 39.6 Å². The minimum absolute atomic E-state index is 0.235. The second-order valence-electron chi connectivity index (χ2n) is 5.12. The van der Waals surface area contributed by atoms with E-state index >= 15 is 0 Å². The molecule has 0 amide bonds. The van der Waals surface area contributed by atoms with Gasteiger partial charge in [0.05, 0.1) is 15.5 Å². The maximum absolute atomic E-state index is 12.1. The lowest BCUT2D eigenvalue weighted by molar-refractivity contribution is 0.0972. The number of Topliss-reactive ketones (excluding diaryl/α,β-unsaturated/α-hetero) is 1. The van der Waals surface area contributed by atoms with Crippen LogP contribution < -0.4 is 11.1 Å². The average Bonchev–Trinajstić information content (AvgIpc) is 3.11. The summed E-state index contributed by atoms with van der Waals surface area (Å²) in [5.41, 5.74) is 6.79. The Labute approximate surface area is 117 Å². The highest BCUT2D eigenvalue weighted by Gasteiger charge is 2.33. The molecule has 0 radical (unpaired) electrons. The Morgan fingerprint density at radius 1 is 1.56 bits per heavy atom. The number of ketones is 1. The van der Waals surface area contributed by atoms with Gasteiger partial charge in [0.2, 0.25) is 0 Å². The van der Waals surface area contributed by atoms with Crippen molar-refractivity contribution in [1.82, 2.24) is 0 Å². The molecular weight excluding hydrogens is 264 g/mol. The highest BCUT2D eigenvalue weighted by atomic mass is 32.2. The summed E-state index contributed by atoms with van der Waals surface area (Å²) in [4.78, 5) is 13.9. The normalized spacial score (nSPS) is 15.1. The van der Waals surface area contributed by atoms with Gasteiger partial charge in [-0.05, 0) is 25.0 Å².